The predicted octanol–water partition coefficient (Wildman–Crippen LogP) is 2.20. The lowest BCUT2D eigenvalue weighted by Crippen LogP contribution is -2.33. The van der Waals surface area contributed by atoms with E-state index in [0.29, 0.717) is 30.4 Å². The molecule has 126 valence electrons. The summed E-state index contributed by atoms with van der Waals surface area (Å²) in [6.45, 7) is 3.28. The van der Waals surface area contributed by atoms with Crippen molar-refractivity contribution in [2.24, 2.45) is 0 Å². The van der Waals surface area contributed by atoms with Crippen LogP contribution in [0.1, 0.15) is 23.4 Å². The van der Waals surface area contributed by atoms with Crippen LogP contribution in [0.2, 0.25) is 5.02 Å². The number of halogens is 2. The Morgan fingerprint density at radius 2 is 2.09 bits per heavy atom. The molecule has 2 rings (SSSR count). The molecule has 0 saturated heterocycles. The number of aryl methyl sites for hydroxylation is 1. The third-order valence-electron chi connectivity index (χ3n) is 3.31. The van der Waals surface area contributed by atoms with Crippen molar-refractivity contribution >= 4 is 29.9 Å². The number of aromatic nitrogens is 3. The molecule has 1 N–H and O–H groups in total. The number of nitrogens with one attached hydrogen (secondary N) is 1. The molecular weight excluding hydrogens is 337 g/mol. The molecule has 0 aliphatic carbocycles. The summed E-state index contributed by atoms with van der Waals surface area (Å²) in [7, 11) is 3.58. The van der Waals surface area contributed by atoms with E-state index in [2.05, 4.69) is 15.4 Å². The van der Waals surface area contributed by atoms with Gasteiger partial charge < -0.3 is 10.2 Å². The van der Waals surface area contributed by atoms with E-state index in [-0.39, 0.29) is 24.1 Å². The molecule has 2 aromatic rings. The van der Waals surface area contributed by atoms with Gasteiger partial charge >= 0.3 is 0 Å². The second kappa shape index (κ2) is 8.86. The fraction of sp³-hybridized carbons (Fsp3) is 0.400. The molecule has 0 aliphatic heterocycles. The first-order valence-corrected chi connectivity index (χ1v) is 7.57. The van der Waals surface area contributed by atoms with Crippen LogP contribution in [0.3, 0.4) is 0 Å². The Labute approximate surface area is 147 Å². The van der Waals surface area contributed by atoms with Crippen LogP contribution in [0.25, 0.3) is 5.69 Å². The van der Waals surface area contributed by atoms with E-state index in [1.807, 2.05) is 32.2 Å². The highest BCUT2D eigenvalue weighted by Crippen LogP contribution is 2.20. The average molecular weight is 358 g/mol. The van der Waals surface area contributed by atoms with Gasteiger partial charge in [0.15, 0.2) is 0 Å². The van der Waals surface area contributed by atoms with Crippen molar-refractivity contribution < 1.29 is 4.79 Å². The van der Waals surface area contributed by atoms with Crippen molar-refractivity contribution in [2.45, 2.75) is 13.3 Å². The highest BCUT2D eigenvalue weighted by molar-refractivity contribution is 6.32. The van der Waals surface area contributed by atoms with Gasteiger partial charge in [0.1, 0.15) is 5.82 Å². The summed E-state index contributed by atoms with van der Waals surface area (Å²) in [5, 5.41) is 7.93. The molecule has 0 fully saturated rings. The Kier molecular flexibility index (Phi) is 7.48. The van der Waals surface area contributed by atoms with E-state index in [1.54, 1.807) is 22.7 Å². The standard InChI is InChI=1S/C15H20ClN5O.ClH/c1-4-13-18-14(15(22)20(3)10-9-17-2)19-21(13)12-8-6-5-7-11(12)16;/h5-8,17H,4,9-10H2,1-3H3;1H. The summed E-state index contributed by atoms with van der Waals surface area (Å²) in [5.41, 5.74) is 0.727. The molecular formula is C15H21Cl2N5O. The van der Waals surface area contributed by atoms with Crippen LogP contribution in [0.5, 0.6) is 0 Å². The van der Waals surface area contributed by atoms with Crippen molar-refractivity contribution in [3.05, 3.63) is 40.9 Å². The van der Waals surface area contributed by atoms with Gasteiger partial charge in [-0.15, -0.1) is 17.5 Å². The lowest BCUT2D eigenvalue weighted by molar-refractivity contribution is 0.0785. The van der Waals surface area contributed by atoms with Gasteiger partial charge in [-0.2, -0.15) is 0 Å². The quantitative estimate of drug-likeness (QED) is 0.860. The van der Waals surface area contributed by atoms with Gasteiger partial charge in [0.05, 0.1) is 10.7 Å². The fourth-order valence-corrected chi connectivity index (χ4v) is 2.25. The van der Waals surface area contributed by atoms with Crippen LogP contribution in [0.4, 0.5) is 0 Å². The zero-order valence-corrected chi connectivity index (χ0v) is 15.0. The van der Waals surface area contributed by atoms with E-state index in [1.165, 1.54) is 0 Å². The second-order valence-electron chi connectivity index (χ2n) is 4.90. The lowest BCUT2D eigenvalue weighted by atomic mass is 10.3. The highest BCUT2D eigenvalue weighted by atomic mass is 35.5. The summed E-state index contributed by atoms with van der Waals surface area (Å²) in [6.07, 6.45) is 0.658. The van der Waals surface area contributed by atoms with Crippen LogP contribution >= 0.6 is 24.0 Å². The first-order chi connectivity index (χ1) is 10.6. The molecule has 1 aromatic carbocycles. The van der Waals surface area contributed by atoms with Crippen LogP contribution in [-0.2, 0) is 6.42 Å². The van der Waals surface area contributed by atoms with Crippen molar-refractivity contribution in [1.82, 2.24) is 25.0 Å². The predicted molar refractivity (Wildman–Crippen MR) is 93.9 cm³/mol. The number of amides is 1. The Morgan fingerprint density at radius 3 is 2.70 bits per heavy atom. The van der Waals surface area contributed by atoms with Crippen LogP contribution < -0.4 is 5.32 Å². The van der Waals surface area contributed by atoms with Crippen molar-refractivity contribution in [2.75, 3.05) is 27.2 Å². The van der Waals surface area contributed by atoms with Crippen molar-refractivity contribution in [3.8, 4) is 5.69 Å². The van der Waals surface area contributed by atoms with Gasteiger partial charge in [-0.3, -0.25) is 4.79 Å². The number of rotatable bonds is 6. The van der Waals surface area contributed by atoms with Gasteiger partial charge in [-0.05, 0) is 19.2 Å². The molecule has 23 heavy (non-hydrogen) atoms. The minimum absolute atomic E-state index is 0. The number of carbonyl (C=O) groups excluding carboxylic acids is 1. The molecule has 1 aromatic heterocycles. The average Bonchev–Trinajstić information content (AvgIpc) is 2.96. The van der Waals surface area contributed by atoms with Gasteiger partial charge in [0.25, 0.3) is 5.91 Å². The Morgan fingerprint density at radius 1 is 1.39 bits per heavy atom. The summed E-state index contributed by atoms with van der Waals surface area (Å²) in [5.74, 6) is 0.699. The van der Waals surface area contributed by atoms with Gasteiger partial charge in [0.2, 0.25) is 5.82 Å². The van der Waals surface area contributed by atoms with E-state index < -0.39 is 0 Å². The van der Waals surface area contributed by atoms with Gasteiger partial charge in [0, 0.05) is 26.6 Å². The SMILES string of the molecule is CCc1nc(C(=O)N(C)CCNC)nn1-c1ccccc1Cl.Cl. The fourth-order valence-electron chi connectivity index (χ4n) is 2.03. The third kappa shape index (κ3) is 4.43. The smallest absolute Gasteiger partial charge is 0.293 e. The summed E-state index contributed by atoms with van der Waals surface area (Å²) < 4.78 is 1.64. The number of hydrogen-bond donors (Lipinski definition) is 1. The summed E-state index contributed by atoms with van der Waals surface area (Å²) in [6, 6.07) is 7.38. The zero-order valence-electron chi connectivity index (χ0n) is 13.4. The number of likely N-dealkylation sites (N-methyl/N-ethyl adjacent to an activating group) is 2. The molecule has 0 bridgehead atoms. The monoisotopic (exact) mass is 357 g/mol. The molecule has 0 unspecified atom stereocenters. The molecule has 0 atom stereocenters. The highest BCUT2D eigenvalue weighted by Gasteiger charge is 2.20. The van der Waals surface area contributed by atoms with E-state index in [4.69, 9.17) is 11.6 Å². The maximum atomic E-state index is 12.4. The number of nitrogens with zero attached hydrogens (tertiary/aromatic N) is 4. The second-order valence-corrected chi connectivity index (χ2v) is 5.31. The molecule has 1 amide bonds. The molecule has 0 spiro atoms. The summed E-state index contributed by atoms with van der Waals surface area (Å²) in [4.78, 5) is 18.3. The van der Waals surface area contributed by atoms with Crippen molar-refractivity contribution in [3.63, 3.8) is 0 Å². The number of hydrogen-bond acceptors (Lipinski definition) is 4. The van der Waals surface area contributed by atoms with Crippen LogP contribution in [0, 0.1) is 0 Å². The molecule has 0 aliphatic rings. The summed E-state index contributed by atoms with van der Waals surface area (Å²) >= 11 is 6.22. The Balaban J connectivity index is 0.00000264. The Bertz CT molecular complexity index is 659. The third-order valence-corrected chi connectivity index (χ3v) is 3.63. The topological polar surface area (TPSA) is 63.1 Å². The molecule has 0 radical (unpaired) electrons. The van der Waals surface area contributed by atoms with Crippen LogP contribution in [0.15, 0.2) is 24.3 Å². The van der Waals surface area contributed by atoms with E-state index >= 15 is 0 Å². The minimum Gasteiger partial charge on any atom is -0.338 e. The Hall–Kier alpha value is -1.63. The maximum Gasteiger partial charge on any atom is 0.293 e. The molecule has 8 heteroatoms. The molecule has 6 nitrogen and oxygen atoms in total. The normalized spacial score (nSPS) is 10.3. The van der Waals surface area contributed by atoms with Gasteiger partial charge in [-0.1, -0.05) is 30.7 Å². The molecule has 0 saturated carbocycles. The largest absolute Gasteiger partial charge is 0.338 e. The lowest BCUT2D eigenvalue weighted by Gasteiger charge is -2.14. The van der Waals surface area contributed by atoms with Gasteiger partial charge in [-0.25, -0.2) is 9.67 Å². The van der Waals surface area contributed by atoms with Crippen molar-refractivity contribution in [1.29, 1.82) is 0 Å². The first kappa shape index (κ1) is 19.4. The first-order valence-electron chi connectivity index (χ1n) is 7.19. The number of carbonyl (C=O) groups is 1. The van der Waals surface area contributed by atoms with E-state index in [9.17, 15) is 4.79 Å². The zero-order chi connectivity index (χ0) is 16.1. The maximum absolute atomic E-state index is 12.4. The number of benzene rings is 1. The van der Waals surface area contributed by atoms with Crippen LogP contribution in [-0.4, -0.2) is 52.8 Å². The minimum atomic E-state index is -0.198. The molecule has 1 heterocycles. The van der Waals surface area contributed by atoms with E-state index in [0.717, 1.165) is 5.69 Å². The number of para-hydroxylation sites is 1.